The third kappa shape index (κ3) is 3.77. The first kappa shape index (κ1) is 40.0. The minimum Gasteiger partial charge on any atom is -0.226 e. The van der Waals surface area contributed by atoms with Crippen molar-refractivity contribution in [3.63, 3.8) is 0 Å². The largest absolute Gasteiger partial charge is 0.385 e. The van der Waals surface area contributed by atoms with Gasteiger partial charge in [-0.3, -0.25) is 0 Å². The molecule has 0 unspecified atom stereocenters. The Kier molecular flexibility index (Phi) is 8.24. The number of alkyl halides is 28. The molecule has 0 saturated heterocycles. The van der Waals surface area contributed by atoms with Crippen molar-refractivity contribution in [2.45, 2.75) is 82.9 Å². The van der Waals surface area contributed by atoms with Crippen LogP contribution in [0.4, 0.5) is 127 Å². The number of hydrogen-bond donors (Lipinski definition) is 0. The molecule has 44 heavy (non-hydrogen) atoms. The van der Waals surface area contributed by atoms with Crippen LogP contribution in [0.15, 0.2) is 0 Å². The van der Waals surface area contributed by atoms with E-state index < -0.39 is 89.1 Å². The van der Waals surface area contributed by atoms with Crippen LogP contribution in [0.25, 0.3) is 0 Å². The molecule has 1 aliphatic rings. The average Bonchev–Trinajstić information content (AvgIpc) is 2.80. The molecule has 1 aliphatic carbocycles. The molecule has 0 atom stereocenters. The SMILES string of the molecule is F[C]1C(F)(F)C(F)(F)C(F)(F)C(F)(F)C(F)(F)C(F)(F)C(F)(F)C(F)(F)C(F)(F)C(F)(F)C(F)(F)C(F)(F)C(F)(F)C1(F)F. The van der Waals surface area contributed by atoms with Crippen molar-refractivity contribution in [2.24, 2.45) is 0 Å². The van der Waals surface area contributed by atoms with E-state index in [0.717, 1.165) is 0 Å². The highest BCUT2D eigenvalue weighted by molar-refractivity contribution is 5.27. The lowest BCUT2D eigenvalue weighted by molar-refractivity contribution is -0.481. The zero-order valence-corrected chi connectivity index (χ0v) is 18.5. The van der Waals surface area contributed by atoms with Crippen molar-refractivity contribution in [1.29, 1.82) is 0 Å². The summed E-state index contributed by atoms with van der Waals surface area (Å²) < 4.78 is 394. The molecule has 263 valence electrons. The number of hydrogen-bond acceptors (Lipinski definition) is 0. The van der Waals surface area contributed by atoms with Crippen LogP contribution < -0.4 is 0 Å². The lowest BCUT2D eigenvalue weighted by atomic mass is 9.84. The van der Waals surface area contributed by atoms with E-state index in [-0.39, 0.29) is 0 Å². The lowest BCUT2D eigenvalue weighted by Gasteiger charge is -2.45. The molecule has 0 N–H and O–H groups in total. The topological polar surface area (TPSA) is 0 Å². The van der Waals surface area contributed by atoms with E-state index in [9.17, 15) is 127 Å². The first-order valence-corrected chi connectivity index (χ1v) is 9.23. The van der Waals surface area contributed by atoms with Crippen LogP contribution in [0.5, 0.6) is 0 Å². The van der Waals surface area contributed by atoms with E-state index in [1.807, 2.05) is 0 Å². The van der Waals surface area contributed by atoms with Crippen LogP contribution in [0.3, 0.4) is 0 Å². The van der Waals surface area contributed by atoms with Gasteiger partial charge in [0.15, 0.2) is 0 Å². The highest BCUT2D eigenvalue weighted by Crippen LogP contribution is 2.71. The van der Waals surface area contributed by atoms with E-state index >= 15 is 0 Å². The average molecular weight is 731 g/mol. The first-order valence-electron chi connectivity index (χ1n) is 9.23. The molecule has 0 bridgehead atoms. The summed E-state index contributed by atoms with van der Waals surface area (Å²) in [7, 11) is 0. The number of rotatable bonds is 0. The summed E-state index contributed by atoms with van der Waals surface area (Å²) in [6, 6.07) is 0. The van der Waals surface area contributed by atoms with E-state index in [1.54, 1.807) is 0 Å². The molecule has 1 rings (SSSR count). The zero-order chi connectivity index (χ0) is 36.6. The Bertz CT molecular complexity index is 1020. The summed E-state index contributed by atoms with van der Waals surface area (Å²) in [5, 5.41) is 0. The Balaban J connectivity index is 4.70. The van der Waals surface area contributed by atoms with Crippen molar-refractivity contribution in [3.05, 3.63) is 6.17 Å². The van der Waals surface area contributed by atoms with Gasteiger partial charge in [0.2, 0.25) is 0 Å². The van der Waals surface area contributed by atoms with Crippen LogP contribution in [0.1, 0.15) is 0 Å². The summed E-state index contributed by atoms with van der Waals surface area (Å²) >= 11 is 0. The van der Waals surface area contributed by atoms with Gasteiger partial charge >= 0.3 is 82.9 Å². The Morgan fingerprint density at radius 2 is 0.273 bits per heavy atom. The van der Waals surface area contributed by atoms with Gasteiger partial charge in [0.25, 0.3) is 6.17 Å². The normalized spacial score (nSPS) is 33.8. The lowest BCUT2D eigenvalue weighted by Crippen LogP contribution is -2.78. The van der Waals surface area contributed by atoms with Crippen molar-refractivity contribution in [3.8, 4) is 0 Å². The molecule has 0 aromatic heterocycles. The Hall–Kier alpha value is -2.03. The highest BCUT2D eigenvalue weighted by atomic mass is 19.4. The van der Waals surface area contributed by atoms with Crippen molar-refractivity contribution in [2.75, 3.05) is 0 Å². The van der Waals surface area contributed by atoms with Gasteiger partial charge in [-0.2, -0.15) is 123 Å². The van der Waals surface area contributed by atoms with Crippen LogP contribution in [0, 0.1) is 6.17 Å². The van der Waals surface area contributed by atoms with Crippen LogP contribution in [-0.4, -0.2) is 82.9 Å². The van der Waals surface area contributed by atoms with Crippen molar-refractivity contribution >= 4 is 0 Å². The molecule has 0 nitrogen and oxygen atoms in total. The van der Waals surface area contributed by atoms with E-state index in [2.05, 4.69) is 0 Å². The summed E-state index contributed by atoms with van der Waals surface area (Å²) in [4.78, 5) is 0. The predicted octanol–water partition coefficient (Wildman–Crippen LogP) is 9.40. The van der Waals surface area contributed by atoms with Crippen LogP contribution in [-0.2, 0) is 0 Å². The number of halogens is 29. The fourth-order valence-electron chi connectivity index (χ4n) is 2.84. The molecule has 0 aliphatic heterocycles. The summed E-state index contributed by atoms with van der Waals surface area (Å²) in [5.41, 5.74) is 0. The predicted molar refractivity (Wildman–Crippen MR) is 73.6 cm³/mol. The molecular formula is C15F29. The quantitative estimate of drug-likeness (QED) is 0.218. The molecule has 0 spiro atoms. The molecule has 1 fully saturated rings. The summed E-state index contributed by atoms with van der Waals surface area (Å²) in [5.74, 6) is -136. The fourth-order valence-corrected chi connectivity index (χ4v) is 2.84. The summed E-state index contributed by atoms with van der Waals surface area (Å²) in [6.45, 7) is 0. The Morgan fingerprint density at radius 1 is 0.182 bits per heavy atom. The maximum Gasteiger partial charge on any atom is 0.385 e. The Labute approximate surface area is 218 Å². The maximum absolute atomic E-state index is 13.6. The third-order valence-electron chi connectivity index (χ3n) is 5.68. The zero-order valence-electron chi connectivity index (χ0n) is 18.5. The van der Waals surface area contributed by atoms with Gasteiger partial charge in [0, 0.05) is 0 Å². The molecular weight excluding hydrogens is 731 g/mol. The van der Waals surface area contributed by atoms with Gasteiger partial charge in [-0.1, -0.05) is 0 Å². The monoisotopic (exact) mass is 731 g/mol. The Morgan fingerprint density at radius 3 is 0.386 bits per heavy atom. The minimum absolute atomic E-state index is 6.82. The molecule has 0 aromatic rings. The highest BCUT2D eigenvalue weighted by Gasteiger charge is 3.02. The smallest absolute Gasteiger partial charge is 0.226 e. The van der Waals surface area contributed by atoms with E-state index in [4.69, 9.17) is 0 Å². The minimum atomic E-state index is -9.87. The maximum atomic E-state index is 13.6. The molecule has 1 radical (unpaired) electrons. The molecule has 1 saturated carbocycles. The summed E-state index contributed by atoms with van der Waals surface area (Å²) in [6.07, 6.45) is -6.82. The third-order valence-corrected chi connectivity index (χ3v) is 5.68. The second-order valence-electron chi connectivity index (χ2n) is 8.36. The van der Waals surface area contributed by atoms with E-state index in [1.165, 1.54) is 0 Å². The van der Waals surface area contributed by atoms with Gasteiger partial charge in [0.05, 0.1) is 0 Å². The molecule has 0 amide bonds. The molecule has 29 heteroatoms. The van der Waals surface area contributed by atoms with Gasteiger partial charge in [-0.25, -0.2) is 4.39 Å². The van der Waals surface area contributed by atoms with E-state index in [0.29, 0.717) is 0 Å². The molecule has 0 aromatic carbocycles. The van der Waals surface area contributed by atoms with Gasteiger partial charge in [-0.05, 0) is 0 Å². The molecule has 0 heterocycles. The van der Waals surface area contributed by atoms with Gasteiger partial charge in [-0.15, -0.1) is 0 Å². The second kappa shape index (κ2) is 9.07. The van der Waals surface area contributed by atoms with Crippen molar-refractivity contribution in [1.82, 2.24) is 0 Å². The van der Waals surface area contributed by atoms with Crippen LogP contribution in [0.2, 0.25) is 0 Å². The van der Waals surface area contributed by atoms with Gasteiger partial charge < -0.3 is 0 Å². The first-order chi connectivity index (χ1) is 18.4. The standard InChI is InChI=1S/C15F29/c16-1-2(17,18)4(21,22)6(25,26)8(29,30)10(33,34)12(37,38)14(41,42)15(43,44)13(39,40)11(35,36)9(31,32)7(27,28)5(23,24)3(1,19)20. The van der Waals surface area contributed by atoms with Gasteiger partial charge in [0.1, 0.15) is 0 Å². The van der Waals surface area contributed by atoms with Crippen molar-refractivity contribution < 1.29 is 127 Å². The second-order valence-corrected chi connectivity index (χ2v) is 8.36. The van der Waals surface area contributed by atoms with Crippen LogP contribution >= 0.6 is 0 Å². The fraction of sp³-hybridized carbons (Fsp3) is 0.933.